The number of carbonyl (C=O) groups excluding carboxylic acids is 1. The van der Waals surface area contributed by atoms with Crippen molar-refractivity contribution >= 4 is 32.6 Å². The summed E-state index contributed by atoms with van der Waals surface area (Å²) < 4.78 is 51.7. The number of ketones is 1. The lowest BCUT2D eigenvalue weighted by atomic mass is 10.1. The van der Waals surface area contributed by atoms with Crippen LogP contribution in [0.1, 0.15) is 10.4 Å². The van der Waals surface area contributed by atoms with Crippen molar-refractivity contribution < 1.29 is 27.4 Å². The maximum absolute atomic E-state index is 12.9. The number of nitrogens with zero attached hydrogens (tertiary/aromatic N) is 1. The Kier molecular flexibility index (Phi) is 5.46. The topological polar surface area (TPSA) is 40.5 Å². The highest BCUT2D eigenvalue weighted by Gasteiger charge is 2.40. The second-order valence-electron chi connectivity index (χ2n) is 5.75. The van der Waals surface area contributed by atoms with E-state index >= 15 is 0 Å². The number of aromatic nitrogens is 1. The van der Waals surface area contributed by atoms with Crippen molar-refractivity contribution in [2.24, 2.45) is 0 Å². The monoisotopic (exact) mass is 441 g/mol. The number of alkyl halides is 3. The Morgan fingerprint density at radius 2 is 1.89 bits per heavy atom. The summed E-state index contributed by atoms with van der Waals surface area (Å²) in [6.07, 6.45) is -3.71. The van der Waals surface area contributed by atoms with Gasteiger partial charge in [-0.2, -0.15) is 13.2 Å². The summed E-state index contributed by atoms with van der Waals surface area (Å²) in [5, 5.41) is 0.244. The van der Waals surface area contributed by atoms with Gasteiger partial charge in [-0.05, 0) is 30.3 Å². The van der Waals surface area contributed by atoms with Gasteiger partial charge in [0.25, 0.3) is 5.78 Å². The molecule has 3 rings (SSSR count). The summed E-state index contributed by atoms with van der Waals surface area (Å²) in [6, 6.07) is 11.9. The minimum atomic E-state index is -4.93. The van der Waals surface area contributed by atoms with Gasteiger partial charge in [0, 0.05) is 27.6 Å². The molecule has 0 aliphatic carbocycles. The minimum Gasteiger partial charge on any atom is -0.497 e. The lowest BCUT2D eigenvalue weighted by Gasteiger charge is -2.09. The van der Waals surface area contributed by atoms with Crippen molar-refractivity contribution in [1.82, 2.24) is 4.57 Å². The molecule has 0 spiro atoms. The van der Waals surface area contributed by atoms with Crippen LogP contribution in [0.3, 0.4) is 0 Å². The minimum absolute atomic E-state index is 0.215. The predicted octanol–water partition coefficient (Wildman–Crippen LogP) is 5.24. The third-order valence-corrected chi connectivity index (χ3v) is 4.48. The predicted molar refractivity (Wildman–Crippen MR) is 98.5 cm³/mol. The molecule has 0 amide bonds. The van der Waals surface area contributed by atoms with Gasteiger partial charge in [-0.1, -0.05) is 22.0 Å². The molecular weight excluding hydrogens is 427 g/mol. The van der Waals surface area contributed by atoms with Gasteiger partial charge in [0.1, 0.15) is 18.1 Å². The van der Waals surface area contributed by atoms with Crippen LogP contribution in [0.4, 0.5) is 13.2 Å². The van der Waals surface area contributed by atoms with Gasteiger partial charge >= 0.3 is 6.18 Å². The van der Waals surface area contributed by atoms with E-state index in [4.69, 9.17) is 9.47 Å². The summed E-state index contributed by atoms with van der Waals surface area (Å²) in [7, 11) is 1.54. The third-order valence-electron chi connectivity index (χ3n) is 3.99. The molecule has 142 valence electrons. The Balaban J connectivity index is 1.85. The smallest absolute Gasteiger partial charge is 0.454 e. The maximum Gasteiger partial charge on any atom is 0.454 e. The standard InChI is InChI=1S/C19H15BrF3NO3/c1-26-13-3-2-4-14(10-13)27-8-7-24-11-16(18(25)19(21,22)23)15-9-12(20)5-6-17(15)24/h2-6,9-11H,7-8H2,1H3. The third kappa shape index (κ3) is 4.27. The van der Waals surface area contributed by atoms with E-state index in [1.165, 1.54) is 12.3 Å². The van der Waals surface area contributed by atoms with Crippen molar-refractivity contribution in [2.75, 3.05) is 13.7 Å². The van der Waals surface area contributed by atoms with E-state index in [1.54, 1.807) is 48.1 Å². The van der Waals surface area contributed by atoms with Gasteiger partial charge in [-0.15, -0.1) is 0 Å². The second-order valence-corrected chi connectivity index (χ2v) is 6.67. The number of rotatable bonds is 6. The molecule has 0 fully saturated rings. The molecule has 0 atom stereocenters. The largest absolute Gasteiger partial charge is 0.497 e. The average Bonchev–Trinajstić information content (AvgIpc) is 2.98. The van der Waals surface area contributed by atoms with E-state index in [-0.39, 0.29) is 24.1 Å². The van der Waals surface area contributed by atoms with E-state index in [1.807, 2.05) is 0 Å². The van der Waals surface area contributed by atoms with Gasteiger partial charge in [0.15, 0.2) is 0 Å². The molecule has 0 aliphatic heterocycles. The number of carbonyl (C=O) groups is 1. The number of methoxy groups -OCH3 is 1. The van der Waals surface area contributed by atoms with Gasteiger partial charge < -0.3 is 14.0 Å². The Morgan fingerprint density at radius 3 is 2.59 bits per heavy atom. The van der Waals surface area contributed by atoms with Crippen molar-refractivity contribution in [3.8, 4) is 11.5 Å². The lowest BCUT2D eigenvalue weighted by molar-refractivity contribution is -0.0884. The summed E-state index contributed by atoms with van der Waals surface area (Å²) in [5.74, 6) is -0.639. The Labute approximate surface area is 161 Å². The molecule has 0 aliphatic rings. The van der Waals surface area contributed by atoms with E-state index in [9.17, 15) is 18.0 Å². The number of hydrogen-bond donors (Lipinski definition) is 0. The summed E-state index contributed by atoms with van der Waals surface area (Å²) >= 11 is 3.23. The van der Waals surface area contributed by atoms with Crippen molar-refractivity contribution in [1.29, 1.82) is 0 Å². The fourth-order valence-electron chi connectivity index (χ4n) is 2.74. The number of ether oxygens (including phenoxy) is 2. The molecule has 3 aromatic rings. The van der Waals surface area contributed by atoms with Crippen LogP contribution in [0, 0.1) is 0 Å². The number of benzene rings is 2. The van der Waals surface area contributed by atoms with Gasteiger partial charge in [0.2, 0.25) is 0 Å². The van der Waals surface area contributed by atoms with Crippen LogP contribution in [0.25, 0.3) is 10.9 Å². The molecule has 0 saturated heterocycles. The summed E-state index contributed by atoms with van der Waals surface area (Å²) in [5.41, 5.74) is 0.153. The first kappa shape index (κ1) is 19.3. The Bertz CT molecular complexity index is 982. The van der Waals surface area contributed by atoms with Crippen LogP contribution in [-0.4, -0.2) is 30.2 Å². The van der Waals surface area contributed by atoms with Crippen LogP contribution in [0.15, 0.2) is 53.1 Å². The fourth-order valence-corrected chi connectivity index (χ4v) is 3.10. The molecule has 27 heavy (non-hydrogen) atoms. The molecular formula is C19H15BrF3NO3. The van der Waals surface area contributed by atoms with E-state index in [0.29, 0.717) is 21.5 Å². The van der Waals surface area contributed by atoms with E-state index in [2.05, 4.69) is 15.9 Å². The van der Waals surface area contributed by atoms with Crippen molar-refractivity contribution in [3.63, 3.8) is 0 Å². The number of hydrogen-bond acceptors (Lipinski definition) is 3. The highest BCUT2D eigenvalue weighted by molar-refractivity contribution is 9.10. The average molecular weight is 442 g/mol. The molecule has 0 radical (unpaired) electrons. The zero-order chi connectivity index (χ0) is 19.6. The molecule has 0 N–H and O–H groups in total. The normalized spacial score (nSPS) is 11.6. The van der Waals surface area contributed by atoms with Crippen LogP contribution in [0.2, 0.25) is 0 Å². The highest BCUT2D eigenvalue weighted by Crippen LogP contribution is 2.30. The van der Waals surface area contributed by atoms with Crippen molar-refractivity contribution in [2.45, 2.75) is 12.7 Å². The molecule has 0 unspecified atom stereocenters. The van der Waals surface area contributed by atoms with Crippen LogP contribution >= 0.6 is 15.9 Å². The molecule has 4 nitrogen and oxygen atoms in total. The first-order chi connectivity index (χ1) is 12.8. The van der Waals surface area contributed by atoms with Crippen molar-refractivity contribution in [3.05, 3.63) is 58.7 Å². The maximum atomic E-state index is 12.9. The Hall–Kier alpha value is -2.48. The second kappa shape index (κ2) is 7.64. The van der Waals surface area contributed by atoms with Gasteiger partial charge in [-0.3, -0.25) is 4.79 Å². The van der Waals surface area contributed by atoms with Crippen LogP contribution in [-0.2, 0) is 6.54 Å². The van der Waals surface area contributed by atoms with E-state index < -0.39 is 12.0 Å². The fraction of sp³-hybridized carbons (Fsp3) is 0.211. The number of halogens is 4. The lowest BCUT2D eigenvalue weighted by Crippen LogP contribution is -2.22. The van der Waals surface area contributed by atoms with Gasteiger partial charge in [-0.25, -0.2) is 0 Å². The molecule has 1 aromatic heterocycles. The summed E-state index contributed by atoms with van der Waals surface area (Å²) in [6.45, 7) is 0.493. The first-order valence-corrected chi connectivity index (χ1v) is 8.75. The quantitative estimate of drug-likeness (QED) is 0.491. The Morgan fingerprint density at radius 1 is 1.15 bits per heavy atom. The number of Topliss-reactive ketones (excluding diaryl/α,β-unsaturated/α-hetero) is 1. The molecule has 0 bridgehead atoms. The molecule has 1 heterocycles. The first-order valence-electron chi connectivity index (χ1n) is 7.96. The van der Waals surface area contributed by atoms with E-state index in [0.717, 1.165) is 0 Å². The highest BCUT2D eigenvalue weighted by atomic mass is 79.9. The van der Waals surface area contributed by atoms with Crippen LogP contribution in [0.5, 0.6) is 11.5 Å². The van der Waals surface area contributed by atoms with Crippen LogP contribution < -0.4 is 9.47 Å². The summed E-state index contributed by atoms with van der Waals surface area (Å²) in [4.78, 5) is 11.8. The molecule has 2 aromatic carbocycles. The SMILES string of the molecule is COc1cccc(OCCn2cc(C(=O)C(F)(F)F)c3cc(Br)ccc32)c1. The zero-order valence-corrected chi connectivity index (χ0v) is 15.8. The van der Waals surface area contributed by atoms with Gasteiger partial charge in [0.05, 0.1) is 19.2 Å². The zero-order valence-electron chi connectivity index (χ0n) is 14.2. The molecule has 0 saturated carbocycles. The molecule has 8 heteroatoms. The number of fused-ring (bicyclic) bond motifs is 1.